The zero-order valence-electron chi connectivity index (χ0n) is 9.01. The first-order chi connectivity index (χ1) is 7.75. The Bertz CT molecular complexity index is 351. The van der Waals surface area contributed by atoms with Gasteiger partial charge in [0.05, 0.1) is 11.6 Å². The minimum absolute atomic E-state index is 0.580. The van der Waals surface area contributed by atoms with Crippen LogP contribution in [0.25, 0.3) is 0 Å². The second-order valence-corrected chi connectivity index (χ2v) is 4.94. The number of rotatable bonds is 3. The average Bonchev–Trinajstić information content (AvgIpc) is 2.29. The molecule has 0 saturated carbocycles. The topological polar surface area (TPSA) is 21.3 Å². The van der Waals surface area contributed by atoms with E-state index in [0.29, 0.717) is 22.6 Å². The number of ether oxygens (including phenoxy) is 1. The molecule has 0 unspecified atom stereocenters. The van der Waals surface area contributed by atoms with E-state index in [4.69, 9.17) is 27.9 Å². The summed E-state index contributed by atoms with van der Waals surface area (Å²) in [5.41, 5.74) is 0. The Hall–Kier alpha value is -0.440. The van der Waals surface area contributed by atoms with Crippen LogP contribution < -0.4 is 10.1 Å². The highest BCUT2D eigenvalue weighted by molar-refractivity contribution is 6.35. The van der Waals surface area contributed by atoms with Crippen molar-refractivity contribution in [3.8, 4) is 5.75 Å². The number of nitrogens with one attached hydrogen (secondary N) is 1. The first-order valence-corrected chi connectivity index (χ1v) is 6.30. The summed E-state index contributed by atoms with van der Waals surface area (Å²) in [7, 11) is 0. The van der Waals surface area contributed by atoms with Crippen molar-refractivity contribution < 1.29 is 4.74 Å². The Kier molecular flexibility index (Phi) is 4.33. The summed E-state index contributed by atoms with van der Waals surface area (Å²) < 4.78 is 5.70. The molecular weight excluding hydrogens is 245 g/mol. The number of hydrogen-bond donors (Lipinski definition) is 1. The SMILES string of the molecule is Clc1ccc(OC[C@H]2CCCNC2)c(Cl)c1. The summed E-state index contributed by atoms with van der Waals surface area (Å²) in [6, 6.07) is 5.32. The molecule has 88 valence electrons. The molecule has 1 aliphatic rings. The van der Waals surface area contributed by atoms with E-state index < -0.39 is 0 Å². The second kappa shape index (κ2) is 5.76. The molecule has 1 aromatic rings. The van der Waals surface area contributed by atoms with Crippen LogP contribution in [0.2, 0.25) is 10.0 Å². The normalized spacial score (nSPS) is 20.8. The lowest BCUT2D eigenvalue weighted by Crippen LogP contribution is -2.33. The predicted molar refractivity (Wildman–Crippen MR) is 67.6 cm³/mol. The first kappa shape index (κ1) is 12.0. The lowest BCUT2D eigenvalue weighted by molar-refractivity contribution is 0.218. The summed E-state index contributed by atoms with van der Waals surface area (Å²) in [6.07, 6.45) is 2.45. The van der Waals surface area contributed by atoms with E-state index >= 15 is 0 Å². The third-order valence-corrected chi connectivity index (χ3v) is 3.30. The molecule has 16 heavy (non-hydrogen) atoms. The Morgan fingerprint density at radius 3 is 2.94 bits per heavy atom. The number of hydrogen-bond acceptors (Lipinski definition) is 2. The molecule has 1 saturated heterocycles. The zero-order valence-corrected chi connectivity index (χ0v) is 10.5. The largest absolute Gasteiger partial charge is 0.492 e. The van der Waals surface area contributed by atoms with Crippen molar-refractivity contribution in [3.05, 3.63) is 28.2 Å². The van der Waals surface area contributed by atoms with Crippen molar-refractivity contribution in [1.29, 1.82) is 0 Å². The molecule has 0 aliphatic carbocycles. The van der Waals surface area contributed by atoms with Gasteiger partial charge in [-0.25, -0.2) is 0 Å². The van der Waals surface area contributed by atoms with Crippen LogP contribution in [0, 0.1) is 5.92 Å². The number of halogens is 2. The summed E-state index contributed by atoms with van der Waals surface area (Å²) in [5.74, 6) is 1.30. The van der Waals surface area contributed by atoms with E-state index in [2.05, 4.69) is 5.32 Å². The van der Waals surface area contributed by atoms with Crippen molar-refractivity contribution in [3.63, 3.8) is 0 Å². The molecule has 2 rings (SSSR count). The maximum atomic E-state index is 6.02. The van der Waals surface area contributed by atoms with E-state index in [1.807, 2.05) is 6.07 Å². The number of piperidine rings is 1. The van der Waals surface area contributed by atoms with Gasteiger partial charge < -0.3 is 10.1 Å². The second-order valence-electron chi connectivity index (χ2n) is 4.10. The van der Waals surface area contributed by atoms with E-state index in [1.165, 1.54) is 12.8 Å². The molecule has 4 heteroatoms. The van der Waals surface area contributed by atoms with Crippen LogP contribution >= 0.6 is 23.2 Å². The zero-order chi connectivity index (χ0) is 11.4. The van der Waals surface area contributed by atoms with E-state index in [0.717, 1.165) is 18.8 Å². The summed E-state index contributed by atoms with van der Waals surface area (Å²) >= 11 is 11.8. The fraction of sp³-hybridized carbons (Fsp3) is 0.500. The molecular formula is C12H15Cl2NO. The van der Waals surface area contributed by atoms with Crippen LogP contribution in [0.4, 0.5) is 0 Å². The minimum atomic E-state index is 0.580. The predicted octanol–water partition coefficient (Wildman–Crippen LogP) is 3.37. The van der Waals surface area contributed by atoms with Gasteiger partial charge in [0, 0.05) is 17.5 Å². The molecule has 1 N–H and O–H groups in total. The first-order valence-electron chi connectivity index (χ1n) is 5.54. The maximum absolute atomic E-state index is 6.02. The van der Waals surface area contributed by atoms with Crippen LogP contribution in [-0.4, -0.2) is 19.7 Å². The van der Waals surface area contributed by atoms with E-state index in [-0.39, 0.29) is 0 Å². The van der Waals surface area contributed by atoms with Crippen LogP contribution in [-0.2, 0) is 0 Å². The molecule has 2 nitrogen and oxygen atoms in total. The van der Waals surface area contributed by atoms with Crippen molar-refractivity contribution >= 4 is 23.2 Å². The Morgan fingerprint density at radius 2 is 2.25 bits per heavy atom. The molecule has 1 aromatic carbocycles. The van der Waals surface area contributed by atoms with Gasteiger partial charge in [-0.15, -0.1) is 0 Å². The Morgan fingerprint density at radius 1 is 1.38 bits per heavy atom. The van der Waals surface area contributed by atoms with Gasteiger partial charge in [0.1, 0.15) is 5.75 Å². The van der Waals surface area contributed by atoms with Gasteiger partial charge >= 0.3 is 0 Å². The lowest BCUT2D eigenvalue weighted by atomic mass is 10.0. The van der Waals surface area contributed by atoms with Crippen molar-refractivity contribution in [2.45, 2.75) is 12.8 Å². The molecule has 0 spiro atoms. The van der Waals surface area contributed by atoms with Crippen molar-refractivity contribution in [2.75, 3.05) is 19.7 Å². The van der Waals surface area contributed by atoms with E-state index in [9.17, 15) is 0 Å². The van der Waals surface area contributed by atoms with Crippen molar-refractivity contribution in [1.82, 2.24) is 5.32 Å². The smallest absolute Gasteiger partial charge is 0.137 e. The van der Waals surface area contributed by atoms with Gasteiger partial charge in [0.15, 0.2) is 0 Å². The fourth-order valence-electron chi connectivity index (χ4n) is 1.87. The monoisotopic (exact) mass is 259 g/mol. The summed E-state index contributed by atoms with van der Waals surface area (Å²) in [4.78, 5) is 0. The van der Waals surface area contributed by atoms with Crippen LogP contribution in [0.1, 0.15) is 12.8 Å². The Balaban J connectivity index is 1.88. The highest BCUT2D eigenvalue weighted by Gasteiger charge is 2.14. The van der Waals surface area contributed by atoms with Gasteiger partial charge in [-0.05, 0) is 37.6 Å². The van der Waals surface area contributed by atoms with Crippen LogP contribution in [0.15, 0.2) is 18.2 Å². The summed E-state index contributed by atoms with van der Waals surface area (Å²) in [5, 5.41) is 4.58. The van der Waals surface area contributed by atoms with Crippen LogP contribution in [0.5, 0.6) is 5.75 Å². The van der Waals surface area contributed by atoms with Gasteiger partial charge in [-0.3, -0.25) is 0 Å². The minimum Gasteiger partial charge on any atom is -0.492 e. The quantitative estimate of drug-likeness (QED) is 0.899. The van der Waals surface area contributed by atoms with Crippen molar-refractivity contribution in [2.24, 2.45) is 5.92 Å². The molecule has 0 bridgehead atoms. The molecule has 1 fully saturated rings. The molecule has 0 aromatic heterocycles. The number of benzene rings is 1. The molecule has 1 atom stereocenters. The average molecular weight is 260 g/mol. The fourth-order valence-corrected chi connectivity index (χ4v) is 2.33. The van der Waals surface area contributed by atoms with Crippen LogP contribution in [0.3, 0.4) is 0 Å². The molecule has 1 aliphatic heterocycles. The maximum Gasteiger partial charge on any atom is 0.137 e. The van der Waals surface area contributed by atoms with Gasteiger partial charge in [-0.2, -0.15) is 0 Å². The molecule has 0 radical (unpaired) electrons. The van der Waals surface area contributed by atoms with E-state index in [1.54, 1.807) is 12.1 Å². The highest BCUT2D eigenvalue weighted by Crippen LogP contribution is 2.28. The van der Waals surface area contributed by atoms with Gasteiger partial charge in [0.2, 0.25) is 0 Å². The van der Waals surface area contributed by atoms with Gasteiger partial charge in [-0.1, -0.05) is 23.2 Å². The third-order valence-electron chi connectivity index (χ3n) is 2.77. The molecule has 0 amide bonds. The third kappa shape index (κ3) is 3.27. The standard InChI is InChI=1S/C12H15Cl2NO/c13-10-3-4-12(11(14)6-10)16-8-9-2-1-5-15-7-9/h3-4,6,9,15H,1-2,5,7-8H2/t9-/m0/s1. The van der Waals surface area contributed by atoms with Gasteiger partial charge in [0.25, 0.3) is 0 Å². The highest BCUT2D eigenvalue weighted by atomic mass is 35.5. The lowest BCUT2D eigenvalue weighted by Gasteiger charge is -2.23. The Labute approximate surface area is 106 Å². The summed E-state index contributed by atoms with van der Waals surface area (Å²) in [6.45, 7) is 2.87. The molecule has 1 heterocycles.